The van der Waals surface area contributed by atoms with Gasteiger partial charge in [0.05, 0.1) is 18.3 Å². The van der Waals surface area contributed by atoms with Gasteiger partial charge in [-0.3, -0.25) is 19.9 Å². The fourth-order valence-corrected chi connectivity index (χ4v) is 4.39. The Hall–Kier alpha value is -3.86. The number of carbonyl (C=O) groups is 2. The third-order valence-electron chi connectivity index (χ3n) is 6.19. The molecule has 0 bridgehead atoms. The second-order valence-corrected chi connectivity index (χ2v) is 8.69. The van der Waals surface area contributed by atoms with Crippen molar-refractivity contribution in [2.45, 2.75) is 18.4 Å². The van der Waals surface area contributed by atoms with E-state index in [2.05, 4.69) is 30.9 Å². The number of nitrogens with two attached hydrogens (primary N) is 1. The lowest BCUT2D eigenvalue weighted by Crippen LogP contribution is -2.57. The van der Waals surface area contributed by atoms with Crippen LogP contribution in [0.3, 0.4) is 0 Å². The number of likely N-dealkylation sites (tertiary alicyclic amines) is 1. The first-order valence-electron chi connectivity index (χ1n) is 10.8. The number of nitrogens with one attached hydrogen (secondary N) is 3. The van der Waals surface area contributed by atoms with Crippen LogP contribution in [0.15, 0.2) is 39.9 Å². The van der Waals surface area contributed by atoms with E-state index in [9.17, 15) is 9.59 Å². The Labute approximate surface area is 199 Å². The fraction of sp³-hybridized carbons (Fsp3) is 0.318. The first kappa shape index (κ1) is 22.0. The van der Waals surface area contributed by atoms with E-state index in [-0.39, 0.29) is 33.9 Å². The minimum absolute atomic E-state index is 0.0104. The second kappa shape index (κ2) is 8.49. The van der Waals surface area contributed by atoms with Gasteiger partial charge in [0.2, 0.25) is 0 Å². The molecular formula is C22H23ClN8O3. The highest BCUT2D eigenvalue weighted by Gasteiger charge is 2.40. The summed E-state index contributed by atoms with van der Waals surface area (Å²) in [6, 6.07) is 7.29. The molecule has 34 heavy (non-hydrogen) atoms. The highest BCUT2D eigenvalue weighted by atomic mass is 35.5. The summed E-state index contributed by atoms with van der Waals surface area (Å²) in [5.41, 5.74) is 6.76. The first-order chi connectivity index (χ1) is 16.4. The number of hydrogen-bond donors (Lipinski definition) is 4. The molecule has 5 N–H and O–H groups in total. The number of benzene rings is 1. The number of anilines is 2. The number of aliphatic imine (C=N–C) groups is 1. The summed E-state index contributed by atoms with van der Waals surface area (Å²) in [6.45, 7) is 1.66. The van der Waals surface area contributed by atoms with Gasteiger partial charge in [0.1, 0.15) is 5.58 Å². The van der Waals surface area contributed by atoms with Gasteiger partial charge in [-0.05, 0) is 37.1 Å². The summed E-state index contributed by atoms with van der Waals surface area (Å²) in [7, 11) is 1.61. The molecule has 1 fully saturated rings. The Morgan fingerprint density at radius 1 is 1.24 bits per heavy atom. The average molecular weight is 483 g/mol. The smallest absolute Gasteiger partial charge is 0.280 e. The summed E-state index contributed by atoms with van der Waals surface area (Å²) < 4.78 is 5.35. The predicted octanol–water partition coefficient (Wildman–Crippen LogP) is 1.86. The van der Waals surface area contributed by atoms with E-state index in [0.29, 0.717) is 44.0 Å². The van der Waals surface area contributed by atoms with Gasteiger partial charge in [-0.25, -0.2) is 9.97 Å². The highest BCUT2D eigenvalue weighted by molar-refractivity contribution is 6.31. The van der Waals surface area contributed by atoms with E-state index in [1.165, 1.54) is 0 Å². The zero-order chi connectivity index (χ0) is 23.9. The van der Waals surface area contributed by atoms with Crippen molar-refractivity contribution in [3.8, 4) is 0 Å². The van der Waals surface area contributed by atoms with Crippen molar-refractivity contribution < 1.29 is 14.0 Å². The van der Waals surface area contributed by atoms with Gasteiger partial charge in [0.25, 0.3) is 11.8 Å². The Balaban J connectivity index is 1.20. The van der Waals surface area contributed by atoms with Crippen LogP contribution < -0.4 is 21.7 Å². The van der Waals surface area contributed by atoms with Gasteiger partial charge in [-0.2, -0.15) is 0 Å². The van der Waals surface area contributed by atoms with E-state index in [4.69, 9.17) is 21.8 Å². The van der Waals surface area contributed by atoms with Crippen LogP contribution in [0.5, 0.6) is 0 Å². The van der Waals surface area contributed by atoms with E-state index in [1.807, 2.05) is 23.1 Å². The number of hydrogen-bond acceptors (Lipinski definition) is 9. The number of piperidine rings is 1. The average Bonchev–Trinajstić information content (AvgIpc) is 3.47. The lowest BCUT2D eigenvalue weighted by Gasteiger charge is -2.39. The number of nitrogens with zero attached hydrogens (tertiary/aromatic N) is 4. The number of guanidine groups is 1. The van der Waals surface area contributed by atoms with Crippen LogP contribution in [-0.2, 0) is 0 Å². The van der Waals surface area contributed by atoms with Crippen LogP contribution in [0, 0.1) is 0 Å². The van der Waals surface area contributed by atoms with Crippen LogP contribution in [0.1, 0.15) is 33.7 Å². The summed E-state index contributed by atoms with van der Waals surface area (Å²) in [4.78, 5) is 40.1. The monoisotopic (exact) mass is 482 g/mol. The van der Waals surface area contributed by atoms with Gasteiger partial charge >= 0.3 is 0 Å². The molecule has 0 saturated carbocycles. The fourth-order valence-electron chi connectivity index (χ4n) is 4.26. The molecule has 2 aliphatic heterocycles. The molecule has 2 aliphatic rings. The maximum atomic E-state index is 13.0. The van der Waals surface area contributed by atoms with Gasteiger partial charge in [-0.15, -0.1) is 0 Å². The molecule has 2 amide bonds. The van der Waals surface area contributed by atoms with Crippen molar-refractivity contribution in [3.63, 3.8) is 0 Å². The number of fused-ring (bicyclic) bond motifs is 1. The molecule has 5 rings (SSSR count). The predicted molar refractivity (Wildman–Crippen MR) is 128 cm³/mol. The molecule has 1 aromatic carbocycles. The molecule has 176 valence electrons. The van der Waals surface area contributed by atoms with Gasteiger partial charge in [0, 0.05) is 31.1 Å². The Morgan fingerprint density at radius 3 is 2.79 bits per heavy atom. The van der Waals surface area contributed by atoms with Crippen LogP contribution in [-0.4, -0.2) is 64.9 Å². The van der Waals surface area contributed by atoms with Crippen molar-refractivity contribution in [1.29, 1.82) is 0 Å². The number of halogens is 1. The maximum Gasteiger partial charge on any atom is 0.280 e. The first-order valence-corrected chi connectivity index (χ1v) is 11.2. The second-order valence-electron chi connectivity index (χ2n) is 8.34. The standard InChI is InChI=1S/C22H23ClN8O3/c1-25-18-15(27-16(23)17(24)28-18)19(32)29-21-26-11-22(30-21)5-7-31(8-6-22)20(33)13-2-3-14-12(10-13)4-9-34-14/h2-4,9-10H,5-8,11H2,1H3,(H3,24,25,28)(H2,26,29,30,32). The summed E-state index contributed by atoms with van der Waals surface area (Å²) in [5, 5.41) is 9.70. The van der Waals surface area contributed by atoms with Crippen LogP contribution in [0.4, 0.5) is 11.6 Å². The summed E-state index contributed by atoms with van der Waals surface area (Å²) in [6.07, 6.45) is 3.01. The number of nitrogen functional groups attached to an aromatic ring is 1. The van der Waals surface area contributed by atoms with Crippen molar-refractivity contribution >= 4 is 52.0 Å². The number of aromatic nitrogens is 2. The molecule has 0 radical (unpaired) electrons. The number of amides is 2. The van der Waals surface area contributed by atoms with Crippen molar-refractivity contribution in [2.75, 3.05) is 37.7 Å². The zero-order valence-electron chi connectivity index (χ0n) is 18.4. The molecule has 12 heteroatoms. The van der Waals surface area contributed by atoms with E-state index < -0.39 is 5.91 Å². The van der Waals surface area contributed by atoms with E-state index in [0.717, 1.165) is 11.0 Å². The molecule has 0 unspecified atom stereocenters. The Bertz CT molecular complexity index is 1310. The number of rotatable bonds is 3. The maximum absolute atomic E-state index is 13.0. The van der Waals surface area contributed by atoms with Crippen LogP contribution in [0.2, 0.25) is 5.15 Å². The molecular weight excluding hydrogens is 460 g/mol. The lowest BCUT2D eigenvalue weighted by molar-refractivity contribution is 0.0668. The molecule has 0 atom stereocenters. The SMILES string of the molecule is CNc1nc(N)c(Cl)nc1C(=O)NC1=NCC2(CCN(C(=O)c3ccc4occc4c3)CC2)N1. The topological polar surface area (TPSA) is 151 Å². The van der Waals surface area contributed by atoms with E-state index in [1.54, 1.807) is 19.4 Å². The third-order valence-corrected chi connectivity index (χ3v) is 6.47. The number of furan rings is 1. The van der Waals surface area contributed by atoms with Crippen molar-refractivity contribution in [1.82, 2.24) is 25.5 Å². The third kappa shape index (κ3) is 3.98. The molecule has 2 aromatic heterocycles. The quantitative estimate of drug-likeness (QED) is 0.441. The minimum Gasteiger partial charge on any atom is -0.464 e. The Kier molecular flexibility index (Phi) is 5.48. The molecule has 3 aromatic rings. The van der Waals surface area contributed by atoms with Gasteiger partial charge in [-0.1, -0.05) is 11.6 Å². The van der Waals surface area contributed by atoms with Crippen molar-refractivity contribution in [3.05, 3.63) is 46.9 Å². The molecule has 1 saturated heterocycles. The molecule has 1 spiro atoms. The largest absolute Gasteiger partial charge is 0.464 e. The van der Waals surface area contributed by atoms with E-state index >= 15 is 0 Å². The summed E-state index contributed by atoms with van der Waals surface area (Å²) in [5.74, 6) is 0.0806. The minimum atomic E-state index is -0.510. The molecule has 11 nitrogen and oxygen atoms in total. The van der Waals surface area contributed by atoms with Crippen molar-refractivity contribution in [2.24, 2.45) is 4.99 Å². The lowest BCUT2D eigenvalue weighted by atomic mass is 9.88. The molecule has 0 aliphatic carbocycles. The van der Waals surface area contributed by atoms with Gasteiger partial charge in [0.15, 0.2) is 28.4 Å². The van der Waals surface area contributed by atoms with Crippen LogP contribution >= 0.6 is 11.6 Å². The Morgan fingerprint density at radius 2 is 2.03 bits per heavy atom. The highest BCUT2D eigenvalue weighted by Crippen LogP contribution is 2.27. The number of carbonyl (C=O) groups excluding carboxylic acids is 2. The van der Waals surface area contributed by atoms with Crippen LogP contribution in [0.25, 0.3) is 11.0 Å². The molecule has 4 heterocycles. The summed E-state index contributed by atoms with van der Waals surface area (Å²) >= 11 is 5.94. The van der Waals surface area contributed by atoms with Gasteiger partial charge < -0.3 is 25.7 Å². The normalized spacial score (nSPS) is 16.9. The zero-order valence-corrected chi connectivity index (χ0v) is 19.1.